The van der Waals surface area contributed by atoms with Crippen LogP contribution in [0.5, 0.6) is 0 Å². The Kier molecular flexibility index (Phi) is 4.40. The number of nitro benzene ring substituents is 1. The van der Waals surface area contributed by atoms with E-state index in [2.05, 4.69) is 4.98 Å². The minimum Gasteiger partial charge on any atom is -0.310 e. The van der Waals surface area contributed by atoms with Crippen molar-refractivity contribution in [1.82, 2.24) is 4.98 Å². The molecule has 0 aliphatic carbocycles. The van der Waals surface area contributed by atoms with E-state index in [1.165, 1.54) is 48.3 Å². The number of halogens is 2. The van der Waals surface area contributed by atoms with Crippen LogP contribution < -0.4 is 4.90 Å². The molecule has 1 aromatic heterocycles. The Labute approximate surface area is 130 Å². The van der Waals surface area contributed by atoms with E-state index in [9.17, 15) is 14.9 Å². The number of nitrogens with zero attached hydrogens (tertiary/aromatic N) is 3. The Hall–Kier alpha value is -2.18. The molecule has 0 N–H and O–H groups in total. The largest absolute Gasteiger partial charge is 0.310 e. The van der Waals surface area contributed by atoms with E-state index in [1.807, 2.05) is 0 Å². The molecule has 0 saturated heterocycles. The molecule has 1 aromatic carbocycles. The second-order valence-electron chi connectivity index (χ2n) is 4.10. The maximum absolute atomic E-state index is 12.3. The molecule has 0 radical (unpaired) electrons. The van der Waals surface area contributed by atoms with Gasteiger partial charge in [-0.1, -0.05) is 23.2 Å². The third-order valence-corrected chi connectivity index (χ3v) is 3.28. The molecule has 21 heavy (non-hydrogen) atoms. The first-order chi connectivity index (χ1) is 9.90. The van der Waals surface area contributed by atoms with Gasteiger partial charge in [0.25, 0.3) is 11.6 Å². The van der Waals surface area contributed by atoms with Gasteiger partial charge in [-0.25, -0.2) is 4.98 Å². The lowest BCUT2D eigenvalue weighted by molar-refractivity contribution is -0.384. The molecular weight excluding hydrogens is 317 g/mol. The lowest BCUT2D eigenvalue weighted by atomic mass is 10.2. The highest BCUT2D eigenvalue weighted by atomic mass is 35.5. The van der Waals surface area contributed by atoms with Gasteiger partial charge in [-0.05, 0) is 24.3 Å². The number of carbonyl (C=O) groups excluding carboxylic acids is 1. The van der Waals surface area contributed by atoms with Crippen LogP contribution in [-0.2, 0) is 0 Å². The van der Waals surface area contributed by atoms with Crippen LogP contribution in [-0.4, -0.2) is 22.9 Å². The number of amides is 1. The topological polar surface area (TPSA) is 76.3 Å². The number of pyridine rings is 1. The second-order valence-corrected chi connectivity index (χ2v) is 4.90. The summed E-state index contributed by atoms with van der Waals surface area (Å²) < 4.78 is 0. The van der Waals surface area contributed by atoms with Gasteiger partial charge in [0.05, 0.1) is 9.95 Å². The lowest BCUT2D eigenvalue weighted by Crippen LogP contribution is -2.27. The molecule has 0 aliphatic heterocycles. The summed E-state index contributed by atoms with van der Waals surface area (Å²) in [5.41, 5.74) is 0.437. The second kappa shape index (κ2) is 6.07. The highest BCUT2D eigenvalue weighted by Crippen LogP contribution is 2.23. The van der Waals surface area contributed by atoms with Crippen molar-refractivity contribution >= 4 is 40.5 Å². The standard InChI is InChI=1S/C13H9Cl2N3O3/c1-17(8-2-4-9(5-3-8)18(20)21)13(19)12-10(14)6-7-11(15)16-12/h2-7H,1H3. The van der Waals surface area contributed by atoms with Gasteiger partial charge >= 0.3 is 0 Å². The molecule has 6 nitrogen and oxygen atoms in total. The number of carbonyl (C=O) groups is 1. The van der Waals surface area contributed by atoms with E-state index in [4.69, 9.17) is 23.2 Å². The zero-order chi connectivity index (χ0) is 15.6. The third-order valence-electron chi connectivity index (χ3n) is 2.77. The van der Waals surface area contributed by atoms with Crippen LogP contribution in [0.15, 0.2) is 36.4 Å². The van der Waals surface area contributed by atoms with Crippen LogP contribution in [0.2, 0.25) is 10.2 Å². The molecule has 108 valence electrons. The van der Waals surface area contributed by atoms with Crippen LogP contribution in [0.4, 0.5) is 11.4 Å². The van der Waals surface area contributed by atoms with Gasteiger partial charge in [0.2, 0.25) is 0 Å². The Bertz CT molecular complexity index is 704. The summed E-state index contributed by atoms with van der Waals surface area (Å²) in [5, 5.41) is 10.9. The molecule has 0 saturated carbocycles. The quantitative estimate of drug-likeness (QED) is 0.491. The van der Waals surface area contributed by atoms with Crippen LogP contribution in [0.3, 0.4) is 0 Å². The van der Waals surface area contributed by atoms with Gasteiger partial charge in [-0.2, -0.15) is 0 Å². The minimum absolute atomic E-state index is 0.0185. The van der Waals surface area contributed by atoms with Crippen LogP contribution in [0.1, 0.15) is 10.5 Å². The van der Waals surface area contributed by atoms with Gasteiger partial charge < -0.3 is 4.90 Å². The summed E-state index contributed by atoms with van der Waals surface area (Å²) in [7, 11) is 1.52. The monoisotopic (exact) mass is 325 g/mol. The third kappa shape index (κ3) is 3.29. The highest BCUT2D eigenvalue weighted by Gasteiger charge is 2.19. The summed E-state index contributed by atoms with van der Waals surface area (Å²) in [6.07, 6.45) is 0. The number of nitro groups is 1. The van der Waals surface area contributed by atoms with Crippen molar-refractivity contribution in [3.63, 3.8) is 0 Å². The van der Waals surface area contributed by atoms with Crippen molar-refractivity contribution in [2.24, 2.45) is 0 Å². The zero-order valence-corrected chi connectivity index (χ0v) is 12.3. The van der Waals surface area contributed by atoms with E-state index in [0.29, 0.717) is 5.69 Å². The smallest absolute Gasteiger partial charge is 0.278 e. The van der Waals surface area contributed by atoms with E-state index in [-0.39, 0.29) is 21.6 Å². The van der Waals surface area contributed by atoms with Crippen LogP contribution in [0.25, 0.3) is 0 Å². The Morgan fingerprint density at radius 1 is 1.19 bits per heavy atom. The van der Waals surface area contributed by atoms with Crippen molar-refractivity contribution in [1.29, 1.82) is 0 Å². The molecule has 0 aliphatic rings. The van der Waals surface area contributed by atoms with Gasteiger partial charge in [0, 0.05) is 24.9 Å². The Morgan fingerprint density at radius 2 is 1.81 bits per heavy atom. The van der Waals surface area contributed by atoms with Gasteiger partial charge in [-0.15, -0.1) is 0 Å². The first-order valence-electron chi connectivity index (χ1n) is 5.74. The Morgan fingerprint density at radius 3 is 2.38 bits per heavy atom. The molecule has 8 heteroatoms. The van der Waals surface area contributed by atoms with Crippen molar-refractivity contribution in [3.8, 4) is 0 Å². The fraction of sp³-hybridized carbons (Fsp3) is 0.0769. The SMILES string of the molecule is CN(C(=O)c1nc(Cl)ccc1Cl)c1ccc([N+](=O)[O-])cc1. The number of rotatable bonds is 3. The normalized spacial score (nSPS) is 10.2. The van der Waals surface area contributed by atoms with E-state index in [0.717, 1.165) is 0 Å². The fourth-order valence-corrected chi connectivity index (χ4v) is 1.98. The first-order valence-corrected chi connectivity index (χ1v) is 6.50. The Balaban J connectivity index is 2.30. The predicted molar refractivity (Wildman–Crippen MR) is 80.1 cm³/mol. The average molecular weight is 326 g/mol. The lowest BCUT2D eigenvalue weighted by Gasteiger charge is -2.17. The van der Waals surface area contributed by atoms with Gasteiger partial charge in [0.15, 0.2) is 0 Å². The number of non-ortho nitro benzene ring substituents is 1. The molecule has 0 bridgehead atoms. The maximum atomic E-state index is 12.3. The summed E-state index contributed by atoms with van der Waals surface area (Å²) in [5.74, 6) is -0.462. The summed E-state index contributed by atoms with van der Waals surface area (Å²) >= 11 is 11.7. The van der Waals surface area contributed by atoms with Crippen LogP contribution >= 0.6 is 23.2 Å². The summed E-state index contributed by atoms with van der Waals surface area (Å²) in [4.78, 5) is 27.6. The number of benzene rings is 1. The number of hydrogen-bond acceptors (Lipinski definition) is 4. The molecule has 2 aromatic rings. The van der Waals surface area contributed by atoms with Gasteiger partial charge in [0.1, 0.15) is 10.8 Å². The number of aromatic nitrogens is 1. The minimum atomic E-state index is -0.513. The van der Waals surface area contributed by atoms with Crippen molar-refractivity contribution in [2.75, 3.05) is 11.9 Å². The number of hydrogen-bond donors (Lipinski definition) is 0. The summed E-state index contributed by atoms with van der Waals surface area (Å²) in [6, 6.07) is 8.52. The number of anilines is 1. The molecule has 2 rings (SSSR count). The maximum Gasteiger partial charge on any atom is 0.278 e. The van der Waals surface area contributed by atoms with E-state index in [1.54, 1.807) is 0 Å². The van der Waals surface area contributed by atoms with Crippen LogP contribution in [0, 0.1) is 10.1 Å². The zero-order valence-electron chi connectivity index (χ0n) is 10.8. The van der Waals surface area contributed by atoms with Gasteiger partial charge in [-0.3, -0.25) is 14.9 Å². The molecule has 0 fully saturated rings. The van der Waals surface area contributed by atoms with Crippen molar-refractivity contribution < 1.29 is 9.72 Å². The molecule has 0 unspecified atom stereocenters. The molecule has 0 spiro atoms. The highest BCUT2D eigenvalue weighted by molar-refractivity contribution is 6.35. The predicted octanol–water partition coefficient (Wildman–Crippen LogP) is 3.57. The van der Waals surface area contributed by atoms with E-state index >= 15 is 0 Å². The average Bonchev–Trinajstić information content (AvgIpc) is 2.48. The molecule has 0 atom stereocenters. The molecule has 1 heterocycles. The molecule has 1 amide bonds. The van der Waals surface area contributed by atoms with Crippen molar-refractivity contribution in [3.05, 3.63) is 62.4 Å². The van der Waals surface area contributed by atoms with Crippen molar-refractivity contribution in [2.45, 2.75) is 0 Å². The fourth-order valence-electron chi connectivity index (χ4n) is 1.64. The van der Waals surface area contributed by atoms with E-state index < -0.39 is 10.8 Å². The first kappa shape index (κ1) is 15.2. The molecular formula is C13H9Cl2N3O3. The summed E-state index contributed by atoms with van der Waals surface area (Å²) in [6.45, 7) is 0.